The summed E-state index contributed by atoms with van der Waals surface area (Å²) in [5.74, 6) is -0.145. The van der Waals surface area contributed by atoms with E-state index < -0.39 is 5.97 Å². The van der Waals surface area contributed by atoms with Crippen molar-refractivity contribution in [3.63, 3.8) is 0 Å². The van der Waals surface area contributed by atoms with Crippen LogP contribution in [0, 0.1) is 12.3 Å². The molecular weight excluding hydrogens is 216 g/mol. The zero-order valence-electron chi connectivity index (χ0n) is 10.9. The third-order valence-corrected chi connectivity index (χ3v) is 2.53. The van der Waals surface area contributed by atoms with Gasteiger partial charge in [-0.2, -0.15) is 0 Å². The Hall–Kier alpha value is -1.51. The summed E-state index contributed by atoms with van der Waals surface area (Å²) >= 11 is 0. The summed E-state index contributed by atoms with van der Waals surface area (Å²) in [6.45, 7) is 9.00. The van der Waals surface area contributed by atoms with E-state index in [-0.39, 0.29) is 5.41 Å². The number of carboxylic acids is 1. The monoisotopic (exact) mass is 236 g/mol. The average Bonchev–Trinajstić information content (AvgIpc) is 2.18. The van der Waals surface area contributed by atoms with Crippen molar-refractivity contribution >= 4 is 5.97 Å². The van der Waals surface area contributed by atoms with Gasteiger partial charge in [-0.25, -0.2) is 4.79 Å². The average molecular weight is 236 g/mol. The van der Waals surface area contributed by atoms with Crippen molar-refractivity contribution in [3.05, 3.63) is 29.3 Å². The highest BCUT2D eigenvalue weighted by atomic mass is 16.5. The molecule has 0 aromatic heterocycles. The van der Waals surface area contributed by atoms with Gasteiger partial charge in [-0.15, -0.1) is 0 Å². The zero-order valence-corrected chi connectivity index (χ0v) is 10.9. The number of aryl methyl sites for hydroxylation is 1. The second-order valence-electron chi connectivity index (χ2n) is 5.44. The molecule has 1 N–H and O–H groups in total. The minimum atomic E-state index is -0.908. The summed E-state index contributed by atoms with van der Waals surface area (Å²) < 4.78 is 5.65. The molecule has 0 saturated carbocycles. The highest BCUT2D eigenvalue weighted by molar-refractivity contribution is 5.88. The SMILES string of the molecule is Cc1cc(C(=O)O)ccc1OCCC(C)(C)C. The smallest absolute Gasteiger partial charge is 0.335 e. The van der Waals surface area contributed by atoms with Gasteiger partial charge in [0.15, 0.2) is 0 Å². The molecule has 1 aromatic carbocycles. The Bertz CT molecular complexity index is 402. The molecule has 1 aromatic rings. The molecule has 17 heavy (non-hydrogen) atoms. The van der Waals surface area contributed by atoms with Crippen LogP contribution in [0.3, 0.4) is 0 Å². The Morgan fingerprint density at radius 1 is 1.35 bits per heavy atom. The van der Waals surface area contributed by atoms with Gasteiger partial charge in [0.05, 0.1) is 12.2 Å². The van der Waals surface area contributed by atoms with Crippen LogP contribution in [0.2, 0.25) is 0 Å². The van der Waals surface area contributed by atoms with E-state index in [0.717, 1.165) is 17.7 Å². The van der Waals surface area contributed by atoms with E-state index in [4.69, 9.17) is 9.84 Å². The fraction of sp³-hybridized carbons (Fsp3) is 0.500. The fourth-order valence-corrected chi connectivity index (χ4v) is 1.41. The Morgan fingerprint density at radius 3 is 2.47 bits per heavy atom. The van der Waals surface area contributed by atoms with Gasteiger partial charge in [-0.05, 0) is 42.5 Å². The summed E-state index contributed by atoms with van der Waals surface area (Å²) in [6, 6.07) is 4.93. The van der Waals surface area contributed by atoms with Crippen LogP contribution in [0.25, 0.3) is 0 Å². The maximum absolute atomic E-state index is 10.8. The molecule has 0 saturated heterocycles. The third kappa shape index (κ3) is 4.47. The number of hydrogen-bond donors (Lipinski definition) is 1. The molecule has 0 radical (unpaired) electrons. The first-order chi connectivity index (χ1) is 7.79. The molecule has 0 amide bonds. The number of carboxylic acid groups (broad SMARTS) is 1. The summed E-state index contributed by atoms with van der Waals surface area (Å²) in [5.41, 5.74) is 1.40. The van der Waals surface area contributed by atoms with Crippen LogP contribution in [-0.2, 0) is 0 Å². The standard InChI is InChI=1S/C14H20O3/c1-10-9-11(13(15)16)5-6-12(10)17-8-7-14(2,3)4/h5-6,9H,7-8H2,1-4H3,(H,15,16). The molecule has 0 bridgehead atoms. The summed E-state index contributed by atoms with van der Waals surface area (Å²) in [7, 11) is 0. The van der Waals surface area contributed by atoms with Gasteiger partial charge in [0.1, 0.15) is 5.75 Å². The lowest BCUT2D eigenvalue weighted by Gasteiger charge is -2.18. The van der Waals surface area contributed by atoms with E-state index in [9.17, 15) is 4.79 Å². The van der Waals surface area contributed by atoms with E-state index >= 15 is 0 Å². The molecule has 3 nitrogen and oxygen atoms in total. The molecule has 1 rings (SSSR count). The molecule has 3 heteroatoms. The topological polar surface area (TPSA) is 46.5 Å². The molecule has 0 aliphatic heterocycles. The van der Waals surface area contributed by atoms with Crippen molar-refractivity contribution in [2.45, 2.75) is 34.1 Å². The molecule has 0 spiro atoms. The Labute approximate surface area is 102 Å². The number of benzene rings is 1. The normalized spacial score (nSPS) is 11.3. The third-order valence-electron chi connectivity index (χ3n) is 2.53. The first kappa shape index (κ1) is 13.6. The molecule has 0 unspecified atom stereocenters. The van der Waals surface area contributed by atoms with E-state index in [2.05, 4.69) is 20.8 Å². The van der Waals surface area contributed by atoms with Crippen LogP contribution in [-0.4, -0.2) is 17.7 Å². The van der Waals surface area contributed by atoms with Gasteiger partial charge in [0, 0.05) is 0 Å². The minimum Gasteiger partial charge on any atom is -0.493 e. The van der Waals surface area contributed by atoms with Gasteiger partial charge in [-0.1, -0.05) is 20.8 Å². The zero-order chi connectivity index (χ0) is 13.1. The van der Waals surface area contributed by atoms with E-state index in [0.29, 0.717) is 12.2 Å². The Morgan fingerprint density at radius 2 is 2.00 bits per heavy atom. The van der Waals surface area contributed by atoms with E-state index in [1.165, 1.54) is 0 Å². The predicted octanol–water partition coefficient (Wildman–Crippen LogP) is 3.51. The summed E-state index contributed by atoms with van der Waals surface area (Å²) in [4.78, 5) is 10.8. The van der Waals surface area contributed by atoms with Gasteiger partial charge in [0.2, 0.25) is 0 Å². The van der Waals surface area contributed by atoms with Crippen LogP contribution in [0.15, 0.2) is 18.2 Å². The number of ether oxygens (including phenoxy) is 1. The number of rotatable bonds is 4. The highest BCUT2D eigenvalue weighted by Gasteiger charge is 2.11. The van der Waals surface area contributed by atoms with Crippen molar-refractivity contribution in [3.8, 4) is 5.75 Å². The second-order valence-corrected chi connectivity index (χ2v) is 5.44. The van der Waals surface area contributed by atoms with Crippen LogP contribution < -0.4 is 4.74 Å². The Balaban J connectivity index is 2.64. The highest BCUT2D eigenvalue weighted by Crippen LogP contribution is 2.22. The molecule has 0 heterocycles. The maximum atomic E-state index is 10.8. The molecule has 94 valence electrons. The van der Waals surface area contributed by atoms with Gasteiger partial charge < -0.3 is 9.84 Å². The van der Waals surface area contributed by atoms with Crippen molar-refractivity contribution in [1.82, 2.24) is 0 Å². The first-order valence-electron chi connectivity index (χ1n) is 5.76. The van der Waals surface area contributed by atoms with Crippen LogP contribution >= 0.6 is 0 Å². The van der Waals surface area contributed by atoms with Crippen LogP contribution in [0.1, 0.15) is 43.1 Å². The second kappa shape index (κ2) is 5.21. The Kier molecular flexibility index (Phi) is 4.16. The van der Waals surface area contributed by atoms with Crippen molar-refractivity contribution in [1.29, 1.82) is 0 Å². The number of hydrogen-bond acceptors (Lipinski definition) is 2. The van der Waals surface area contributed by atoms with Crippen LogP contribution in [0.4, 0.5) is 0 Å². The van der Waals surface area contributed by atoms with Gasteiger partial charge in [-0.3, -0.25) is 0 Å². The lowest BCUT2D eigenvalue weighted by molar-refractivity contribution is 0.0696. The van der Waals surface area contributed by atoms with Crippen molar-refractivity contribution in [2.24, 2.45) is 5.41 Å². The van der Waals surface area contributed by atoms with Crippen molar-refractivity contribution in [2.75, 3.05) is 6.61 Å². The number of aromatic carboxylic acids is 1. The van der Waals surface area contributed by atoms with Gasteiger partial charge in [0.25, 0.3) is 0 Å². The van der Waals surface area contributed by atoms with E-state index in [1.807, 2.05) is 6.92 Å². The molecule has 0 aliphatic carbocycles. The lowest BCUT2D eigenvalue weighted by Crippen LogP contribution is -2.11. The van der Waals surface area contributed by atoms with Gasteiger partial charge >= 0.3 is 5.97 Å². The summed E-state index contributed by atoms with van der Waals surface area (Å²) in [5, 5.41) is 8.84. The molecule has 0 atom stereocenters. The first-order valence-corrected chi connectivity index (χ1v) is 5.76. The predicted molar refractivity (Wildman–Crippen MR) is 67.7 cm³/mol. The quantitative estimate of drug-likeness (QED) is 0.870. The number of carbonyl (C=O) groups is 1. The summed E-state index contributed by atoms with van der Waals surface area (Å²) in [6.07, 6.45) is 0.965. The fourth-order valence-electron chi connectivity index (χ4n) is 1.41. The van der Waals surface area contributed by atoms with Crippen molar-refractivity contribution < 1.29 is 14.6 Å². The minimum absolute atomic E-state index is 0.245. The van der Waals surface area contributed by atoms with E-state index in [1.54, 1.807) is 18.2 Å². The van der Waals surface area contributed by atoms with Crippen LogP contribution in [0.5, 0.6) is 5.75 Å². The molecular formula is C14H20O3. The lowest BCUT2D eigenvalue weighted by atomic mass is 9.93. The molecule has 0 fully saturated rings. The maximum Gasteiger partial charge on any atom is 0.335 e. The largest absolute Gasteiger partial charge is 0.493 e. The molecule has 0 aliphatic rings.